The Morgan fingerprint density at radius 1 is 1.16 bits per heavy atom. The summed E-state index contributed by atoms with van der Waals surface area (Å²) < 4.78 is 0. The van der Waals surface area contributed by atoms with E-state index in [2.05, 4.69) is 31.2 Å². The van der Waals surface area contributed by atoms with Gasteiger partial charge in [-0.1, -0.05) is 49.1 Å². The summed E-state index contributed by atoms with van der Waals surface area (Å²) in [6.07, 6.45) is 5.59. The first-order chi connectivity index (χ1) is 9.10. The van der Waals surface area contributed by atoms with Crippen LogP contribution in [0.25, 0.3) is 0 Å². The fourth-order valence-electron chi connectivity index (χ4n) is 3.16. The molecule has 0 spiro atoms. The van der Waals surface area contributed by atoms with Gasteiger partial charge in [-0.2, -0.15) is 0 Å². The third-order valence-corrected chi connectivity index (χ3v) is 4.54. The first-order valence-electron chi connectivity index (χ1n) is 7.43. The Labute approximate surface area is 116 Å². The van der Waals surface area contributed by atoms with Crippen LogP contribution >= 0.6 is 0 Å². The molecule has 1 aromatic rings. The first-order valence-corrected chi connectivity index (χ1v) is 7.43. The van der Waals surface area contributed by atoms with Crippen molar-refractivity contribution in [2.45, 2.75) is 51.4 Å². The monoisotopic (exact) mass is 259 g/mol. The molecule has 2 nitrogen and oxygen atoms in total. The first kappa shape index (κ1) is 14.1. The van der Waals surface area contributed by atoms with Crippen LogP contribution in [0.15, 0.2) is 24.3 Å². The topological polar surface area (TPSA) is 20.3 Å². The van der Waals surface area contributed by atoms with E-state index in [1.165, 1.54) is 17.5 Å². The smallest absolute Gasteiger partial charge is 0.232 e. The van der Waals surface area contributed by atoms with Gasteiger partial charge in [0.1, 0.15) is 0 Å². The number of likely N-dealkylation sites (N-methyl/N-ethyl adjacent to an activating group) is 1. The van der Waals surface area contributed by atoms with Gasteiger partial charge in [0.25, 0.3) is 0 Å². The minimum Gasteiger partial charge on any atom is -0.345 e. The SMILES string of the molecule is CCN(C)C(=O)C1(c2ccc(C)cc2)CCCCC1. The summed E-state index contributed by atoms with van der Waals surface area (Å²) in [5.74, 6) is 0.304. The molecule has 2 heteroatoms. The van der Waals surface area contributed by atoms with E-state index in [1.807, 2.05) is 18.9 Å². The highest BCUT2D eigenvalue weighted by atomic mass is 16.2. The average molecular weight is 259 g/mol. The highest BCUT2D eigenvalue weighted by molar-refractivity contribution is 5.88. The number of carbonyl (C=O) groups excluding carboxylic acids is 1. The molecule has 2 rings (SSSR count). The minimum absolute atomic E-state index is 0.267. The third kappa shape index (κ3) is 2.68. The molecule has 104 valence electrons. The van der Waals surface area contributed by atoms with E-state index < -0.39 is 0 Å². The molecule has 0 N–H and O–H groups in total. The number of carbonyl (C=O) groups is 1. The molecule has 1 aliphatic rings. The molecule has 1 saturated carbocycles. The summed E-state index contributed by atoms with van der Waals surface area (Å²) in [4.78, 5) is 14.7. The van der Waals surface area contributed by atoms with E-state index in [1.54, 1.807) is 0 Å². The Kier molecular flexibility index (Phi) is 4.28. The zero-order chi connectivity index (χ0) is 13.9. The highest BCUT2D eigenvalue weighted by Crippen LogP contribution is 2.40. The Morgan fingerprint density at radius 2 is 1.74 bits per heavy atom. The van der Waals surface area contributed by atoms with Crippen molar-refractivity contribution in [1.82, 2.24) is 4.90 Å². The van der Waals surface area contributed by atoms with Gasteiger partial charge in [-0.15, -0.1) is 0 Å². The van der Waals surface area contributed by atoms with Gasteiger partial charge in [0.15, 0.2) is 0 Å². The predicted octanol–water partition coefficient (Wildman–Crippen LogP) is 3.68. The van der Waals surface area contributed by atoms with Crippen molar-refractivity contribution >= 4 is 5.91 Å². The maximum absolute atomic E-state index is 12.9. The second-order valence-electron chi connectivity index (χ2n) is 5.83. The fraction of sp³-hybridized carbons (Fsp3) is 0.588. The number of amides is 1. The van der Waals surface area contributed by atoms with Gasteiger partial charge in [-0.3, -0.25) is 4.79 Å². The van der Waals surface area contributed by atoms with Crippen LogP contribution in [0.5, 0.6) is 0 Å². The number of aryl methyl sites for hydroxylation is 1. The number of hydrogen-bond donors (Lipinski definition) is 0. The second-order valence-corrected chi connectivity index (χ2v) is 5.83. The summed E-state index contributed by atoms with van der Waals surface area (Å²) in [5.41, 5.74) is 2.20. The van der Waals surface area contributed by atoms with Crippen LogP contribution in [0.3, 0.4) is 0 Å². The quantitative estimate of drug-likeness (QED) is 0.811. The molecule has 1 aliphatic carbocycles. The van der Waals surface area contributed by atoms with Crippen molar-refractivity contribution in [3.8, 4) is 0 Å². The number of hydrogen-bond acceptors (Lipinski definition) is 1. The Bertz CT molecular complexity index is 429. The molecule has 0 bridgehead atoms. The van der Waals surface area contributed by atoms with Crippen LogP contribution in [0.4, 0.5) is 0 Å². The molecule has 0 aromatic heterocycles. The van der Waals surface area contributed by atoms with Crippen LogP contribution in [0.1, 0.15) is 50.2 Å². The van der Waals surface area contributed by atoms with Crippen molar-refractivity contribution in [3.63, 3.8) is 0 Å². The van der Waals surface area contributed by atoms with Gasteiger partial charge in [0, 0.05) is 13.6 Å². The van der Waals surface area contributed by atoms with E-state index in [4.69, 9.17) is 0 Å². The molecule has 1 aromatic carbocycles. The van der Waals surface area contributed by atoms with Crippen LogP contribution in [0, 0.1) is 6.92 Å². The maximum Gasteiger partial charge on any atom is 0.232 e. The van der Waals surface area contributed by atoms with Gasteiger partial charge >= 0.3 is 0 Å². The van der Waals surface area contributed by atoms with Crippen LogP contribution in [-0.2, 0) is 10.2 Å². The van der Waals surface area contributed by atoms with E-state index in [0.717, 1.165) is 32.2 Å². The number of rotatable bonds is 3. The molecule has 0 aliphatic heterocycles. The fourth-order valence-corrected chi connectivity index (χ4v) is 3.16. The van der Waals surface area contributed by atoms with Crippen LogP contribution < -0.4 is 0 Å². The van der Waals surface area contributed by atoms with Crippen molar-refractivity contribution in [1.29, 1.82) is 0 Å². The predicted molar refractivity (Wildman–Crippen MR) is 79.3 cm³/mol. The minimum atomic E-state index is -0.267. The van der Waals surface area contributed by atoms with Crippen molar-refractivity contribution in [2.24, 2.45) is 0 Å². The molecule has 0 saturated heterocycles. The van der Waals surface area contributed by atoms with Crippen LogP contribution in [0.2, 0.25) is 0 Å². The van der Waals surface area contributed by atoms with Crippen molar-refractivity contribution < 1.29 is 4.79 Å². The Balaban J connectivity index is 2.39. The van der Waals surface area contributed by atoms with E-state index in [0.29, 0.717) is 5.91 Å². The standard InChI is InChI=1S/C17H25NO/c1-4-18(3)16(19)17(12-6-5-7-13-17)15-10-8-14(2)9-11-15/h8-11H,4-7,12-13H2,1-3H3. The van der Waals surface area contributed by atoms with Gasteiger partial charge in [-0.25, -0.2) is 0 Å². The maximum atomic E-state index is 12.9. The normalized spacial score (nSPS) is 18.1. The van der Waals surface area contributed by atoms with Gasteiger partial charge in [0.05, 0.1) is 5.41 Å². The summed E-state index contributed by atoms with van der Waals surface area (Å²) in [6.45, 7) is 4.92. The van der Waals surface area contributed by atoms with Crippen molar-refractivity contribution in [2.75, 3.05) is 13.6 Å². The second kappa shape index (κ2) is 5.77. The molecule has 0 heterocycles. The lowest BCUT2D eigenvalue weighted by Gasteiger charge is -2.39. The summed E-state index contributed by atoms with van der Waals surface area (Å²) in [5, 5.41) is 0. The van der Waals surface area contributed by atoms with E-state index in [-0.39, 0.29) is 5.41 Å². The molecule has 19 heavy (non-hydrogen) atoms. The van der Waals surface area contributed by atoms with Crippen LogP contribution in [-0.4, -0.2) is 24.4 Å². The highest BCUT2D eigenvalue weighted by Gasteiger charge is 2.42. The molecule has 0 unspecified atom stereocenters. The summed E-state index contributed by atoms with van der Waals surface area (Å²) >= 11 is 0. The molecule has 1 amide bonds. The lowest BCUT2D eigenvalue weighted by Crippen LogP contribution is -2.46. The van der Waals surface area contributed by atoms with Crippen molar-refractivity contribution in [3.05, 3.63) is 35.4 Å². The zero-order valence-electron chi connectivity index (χ0n) is 12.4. The molecule has 0 radical (unpaired) electrons. The summed E-state index contributed by atoms with van der Waals surface area (Å²) in [6, 6.07) is 8.57. The van der Waals surface area contributed by atoms with Gasteiger partial charge < -0.3 is 4.90 Å². The molecule has 0 atom stereocenters. The third-order valence-electron chi connectivity index (χ3n) is 4.54. The largest absolute Gasteiger partial charge is 0.345 e. The van der Waals surface area contributed by atoms with Gasteiger partial charge in [0.2, 0.25) is 5.91 Å². The molecular weight excluding hydrogens is 234 g/mol. The lowest BCUT2D eigenvalue weighted by molar-refractivity contribution is -0.137. The van der Waals surface area contributed by atoms with Gasteiger partial charge in [-0.05, 0) is 32.3 Å². The van der Waals surface area contributed by atoms with E-state index in [9.17, 15) is 4.79 Å². The Morgan fingerprint density at radius 3 is 2.26 bits per heavy atom. The van der Waals surface area contributed by atoms with E-state index >= 15 is 0 Å². The number of nitrogens with zero attached hydrogens (tertiary/aromatic N) is 1. The molecular formula is C17H25NO. The number of benzene rings is 1. The zero-order valence-corrected chi connectivity index (χ0v) is 12.4. The molecule has 1 fully saturated rings. The average Bonchev–Trinajstić information content (AvgIpc) is 2.47. The summed E-state index contributed by atoms with van der Waals surface area (Å²) in [7, 11) is 1.92. The Hall–Kier alpha value is -1.31. The lowest BCUT2D eigenvalue weighted by atomic mass is 9.68.